The molecule has 3 aliphatic carbocycles. The second-order valence-electron chi connectivity index (χ2n) is 7.81. The number of nitrogens with one attached hydrogen (secondary N) is 2. The predicted octanol–water partition coefficient (Wildman–Crippen LogP) is 3.32. The monoisotopic (exact) mass is 348 g/mol. The molecule has 5 nitrogen and oxygen atoms in total. The van der Waals surface area contributed by atoms with Crippen molar-refractivity contribution in [3.8, 4) is 0 Å². The number of aryl methyl sites for hydroxylation is 1. The molecule has 0 bridgehead atoms. The Bertz CT molecular complexity index is 549. The van der Waals surface area contributed by atoms with Crippen LogP contribution in [0.1, 0.15) is 63.6 Å². The lowest BCUT2D eigenvalue weighted by molar-refractivity contribution is -0.119. The van der Waals surface area contributed by atoms with Crippen LogP contribution >= 0.6 is 11.8 Å². The minimum atomic E-state index is 0.140. The van der Waals surface area contributed by atoms with E-state index in [-0.39, 0.29) is 5.91 Å². The van der Waals surface area contributed by atoms with Crippen molar-refractivity contribution in [3.05, 3.63) is 5.82 Å². The smallest absolute Gasteiger partial charge is 0.230 e. The largest absolute Gasteiger partial charge is 0.352 e. The highest BCUT2D eigenvalue weighted by Crippen LogP contribution is 2.44. The van der Waals surface area contributed by atoms with E-state index >= 15 is 0 Å². The van der Waals surface area contributed by atoms with E-state index < -0.39 is 0 Å². The van der Waals surface area contributed by atoms with Crippen LogP contribution in [-0.4, -0.2) is 32.9 Å². The summed E-state index contributed by atoms with van der Waals surface area (Å²) in [4.78, 5) is 16.7. The summed E-state index contributed by atoms with van der Waals surface area (Å²) < 4.78 is 0. The zero-order chi connectivity index (χ0) is 16.4. The Hall–Kier alpha value is -1.04. The summed E-state index contributed by atoms with van der Waals surface area (Å²) in [6.45, 7) is 0. The zero-order valence-corrected chi connectivity index (χ0v) is 15.1. The number of carbonyl (C=O) groups is 1. The Balaban J connectivity index is 1.18. The number of aromatic nitrogens is 3. The van der Waals surface area contributed by atoms with Gasteiger partial charge in [0.15, 0.2) is 0 Å². The first-order chi connectivity index (χ1) is 11.8. The van der Waals surface area contributed by atoms with Crippen molar-refractivity contribution >= 4 is 17.7 Å². The van der Waals surface area contributed by atoms with Gasteiger partial charge in [0.25, 0.3) is 0 Å². The molecule has 0 unspecified atom stereocenters. The number of H-pyrrole nitrogens is 1. The van der Waals surface area contributed by atoms with E-state index in [1.807, 2.05) is 0 Å². The van der Waals surface area contributed by atoms with Gasteiger partial charge >= 0.3 is 0 Å². The van der Waals surface area contributed by atoms with Gasteiger partial charge < -0.3 is 5.32 Å². The van der Waals surface area contributed by atoms with Crippen LogP contribution in [0.15, 0.2) is 5.16 Å². The van der Waals surface area contributed by atoms with Gasteiger partial charge in [-0.2, -0.15) is 0 Å². The maximum Gasteiger partial charge on any atom is 0.230 e. The molecule has 6 heteroatoms. The first kappa shape index (κ1) is 16.4. The summed E-state index contributed by atoms with van der Waals surface area (Å²) >= 11 is 1.45. The van der Waals surface area contributed by atoms with Gasteiger partial charge in [0, 0.05) is 12.5 Å². The number of thioether (sulfide) groups is 1. The molecular formula is C18H28N4OS. The van der Waals surface area contributed by atoms with Crippen LogP contribution in [0.25, 0.3) is 0 Å². The van der Waals surface area contributed by atoms with Crippen LogP contribution < -0.4 is 5.32 Å². The normalized spacial score (nSPS) is 21.5. The highest BCUT2D eigenvalue weighted by Gasteiger charge is 2.42. The molecule has 3 aliphatic rings. The summed E-state index contributed by atoms with van der Waals surface area (Å²) in [6, 6.07) is 0.437. The number of aromatic amines is 1. The van der Waals surface area contributed by atoms with Crippen molar-refractivity contribution in [3.63, 3.8) is 0 Å². The summed E-state index contributed by atoms with van der Waals surface area (Å²) in [6.07, 6.45) is 12.9. The van der Waals surface area contributed by atoms with Crippen molar-refractivity contribution in [1.82, 2.24) is 20.5 Å². The lowest BCUT2D eigenvalue weighted by atomic mass is 10.0. The Morgan fingerprint density at radius 1 is 1.17 bits per heavy atom. The van der Waals surface area contributed by atoms with Gasteiger partial charge in [-0.3, -0.25) is 9.89 Å². The van der Waals surface area contributed by atoms with Crippen LogP contribution in [0.4, 0.5) is 0 Å². The first-order valence-corrected chi connectivity index (χ1v) is 10.6. The van der Waals surface area contributed by atoms with E-state index in [0.717, 1.165) is 30.0 Å². The van der Waals surface area contributed by atoms with Crippen molar-refractivity contribution in [2.75, 3.05) is 5.75 Å². The van der Waals surface area contributed by atoms with Crippen LogP contribution in [0.3, 0.4) is 0 Å². The Morgan fingerprint density at radius 2 is 1.88 bits per heavy atom. The lowest BCUT2D eigenvalue weighted by Crippen LogP contribution is -2.39. The van der Waals surface area contributed by atoms with Crippen LogP contribution in [-0.2, 0) is 11.2 Å². The van der Waals surface area contributed by atoms with E-state index in [1.54, 1.807) is 0 Å². The highest BCUT2D eigenvalue weighted by molar-refractivity contribution is 7.99. The molecule has 4 rings (SSSR count). The van der Waals surface area contributed by atoms with Crippen molar-refractivity contribution in [1.29, 1.82) is 0 Å². The fraction of sp³-hybridized carbons (Fsp3) is 0.833. The van der Waals surface area contributed by atoms with E-state index in [9.17, 15) is 4.79 Å². The number of hydrogen-bond acceptors (Lipinski definition) is 4. The zero-order valence-electron chi connectivity index (χ0n) is 14.3. The SMILES string of the molecule is O=C(CSc1n[nH]c(CCC2CCCC2)n1)NC(C1CC1)C1CC1. The van der Waals surface area contributed by atoms with Gasteiger partial charge in [0.1, 0.15) is 5.82 Å². The molecule has 3 fully saturated rings. The molecule has 3 saturated carbocycles. The van der Waals surface area contributed by atoms with Crippen molar-refractivity contribution in [2.24, 2.45) is 17.8 Å². The van der Waals surface area contributed by atoms with Crippen LogP contribution in [0.2, 0.25) is 0 Å². The average molecular weight is 349 g/mol. The fourth-order valence-corrected chi connectivity index (χ4v) is 4.61. The predicted molar refractivity (Wildman–Crippen MR) is 94.8 cm³/mol. The highest BCUT2D eigenvalue weighted by atomic mass is 32.2. The molecule has 0 aromatic carbocycles. The van der Waals surface area contributed by atoms with Gasteiger partial charge in [-0.05, 0) is 49.9 Å². The van der Waals surface area contributed by atoms with Crippen molar-refractivity contribution in [2.45, 2.75) is 75.4 Å². The Labute approximate surface area is 148 Å². The number of nitrogens with zero attached hydrogens (tertiary/aromatic N) is 2. The molecule has 1 amide bonds. The number of carbonyl (C=O) groups excluding carboxylic acids is 1. The number of hydrogen-bond donors (Lipinski definition) is 2. The molecule has 1 heterocycles. The molecule has 1 aromatic rings. The molecule has 0 spiro atoms. The van der Waals surface area contributed by atoms with Gasteiger partial charge in [-0.1, -0.05) is 37.4 Å². The lowest BCUT2D eigenvalue weighted by Gasteiger charge is -2.17. The Kier molecular flexibility index (Phi) is 5.11. The van der Waals surface area contributed by atoms with Crippen LogP contribution in [0, 0.1) is 17.8 Å². The molecular weight excluding hydrogens is 320 g/mol. The molecule has 0 radical (unpaired) electrons. The summed E-state index contributed by atoms with van der Waals surface area (Å²) in [7, 11) is 0. The molecule has 2 N–H and O–H groups in total. The molecule has 0 aliphatic heterocycles. The van der Waals surface area contributed by atoms with E-state index in [2.05, 4.69) is 20.5 Å². The number of rotatable bonds is 9. The maximum absolute atomic E-state index is 12.2. The second-order valence-corrected chi connectivity index (χ2v) is 8.75. The van der Waals surface area contributed by atoms with Crippen molar-refractivity contribution < 1.29 is 4.79 Å². The quantitative estimate of drug-likeness (QED) is 0.672. The van der Waals surface area contributed by atoms with E-state index in [1.165, 1.54) is 69.5 Å². The summed E-state index contributed by atoms with van der Waals surface area (Å²) in [5.74, 6) is 3.91. The third-order valence-electron chi connectivity index (χ3n) is 5.70. The molecule has 0 saturated heterocycles. The standard InChI is InChI=1S/C18H28N4OS/c23-16(20-17(13-6-7-13)14-8-9-14)11-24-18-19-15(21-22-18)10-5-12-3-1-2-4-12/h12-14,17H,1-11H2,(H,20,23)(H,19,21,22). The molecule has 132 valence electrons. The van der Waals surface area contributed by atoms with E-state index in [4.69, 9.17) is 0 Å². The third kappa shape index (κ3) is 4.52. The van der Waals surface area contributed by atoms with Crippen LogP contribution in [0.5, 0.6) is 0 Å². The molecule has 24 heavy (non-hydrogen) atoms. The minimum Gasteiger partial charge on any atom is -0.352 e. The Morgan fingerprint density at radius 3 is 2.54 bits per heavy atom. The minimum absolute atomic E-state index is 0.140. The topological polar surface area (TPSA) is 70.7 Å². The van der Waals surface area contributed by atoms with Gasteiger partial charge in [-0.15, -0.1) is 5.10 Å². The van der Waals surface area contributed by atoms with Gasteiger partial charge in [0.2, 0.25) is 11.1 Å². The maximum atomic E-state index is 12.2. The summed E-state index contributed by atoms with van der Waals surface area (Å²) in [5.41, 5.74) is 0. The van der Waals surface area contributed by atoms with Gasteiger partial charge in [-0.25, -0.2) is 4.98 Å². The molecule has 1 aromatic heterocycles. The van der Waals surface area contributed by atoms with E-state index in [0.29, 0.717) is 17.0 Å². The average Bonchev–Trinajstić information content (AvgIpc) is 3.50. The number of amides is 1. The first-order valence-electron chi connectivity index (χ1n) is 9.61. The fourth-order valence-electron chi connectivity index (χ4n) is 3.98. The third-order valence-corrected chi connectivity index (χ3v) is 6.54. The molecule has 0 atom stereocenters. The van der Waals surface area contributed by atoms with Gasteiger partial charge in [0.05, 0.1) is 5.75 Å². The summed E-state index contributed by atoms with van der Waals surface area (Å²) in [5, 5.41) is 11.3. The second kappa shape index (κ2) is 7.46.